The summed E-state index contributed by atoms with van der Waals surface area (Å²) in [5.41, 5.74) is 2.32. The number of hydrogen-bond donors (Lipinski definition) is 2. The fourth-order valence-electron chi connectivity index (χ4n) is 4.62. The van der Waals surface area contributed by atoms with Crippen LogP contribution in [0.4, 0.5) is 17.6 Å². The Morgan fingerprint density at radius 2 is 1.92 bits per heavy atom. The molecular formula is C25H24ClF4N5O3. The van der Waals surface area contributed by atoms with Gasteiger partial charge in [0.05, 0.1) is 29.6 Å². The molecule has 0 aliphatic carbocycles. The van der Waals surface area contributed by atoms with Crippen LogP contribution < -0.4 is 10.6 Å². The lowest BCUT2D eigenvalue weighted by molar-refractivity contribution is -0.174. The van der Waals surface area contributed by atoms with E-state index in [0.29, 0.717) is 23.1 Å². The molecule has 1 aromatic carbocycles. The molecule has 0 radical (unpaired) electrons. The van der Waals surface area contributed by atoms with Crippen molar-refractivity contribution in [1.29, 1.82) is 0 Å². The highest BCUT2D eigenvalue weighted by atomic mass is 35.5. The zero-order valence-corrected chi connectivity index (χ0v) is 21.1. The number of pyridine rings is 1. The van der Waals surface area contributed by atoms with Crippen molar-refractivity contribution in [3.63, 3.8) is 0 Å². The Kier molecular flexibility index (Phi) is 7.63. The SMILES string of the molecule is Cc1ccc(C(=O)N2CC[C@@H](c3cc(F)cc(Cl)c3)[C@H](NC(=O)[C@H](C)NC(=O)C(F)(F)F)C2)c2cncn12. The summed E-state index contributed by atoms with van der Waals surface area (Å²) in [7, 11) is 0. The highest BCUT2D eigenvalue weighted by Crippen LogP contribution is 2.32. The Morgan fingerprint density at radius 1 is 1.18 bits per heavy atom. The van der Waals surface area contributed by atoms with Gasteiger partial charge in [0.1, 0.15) is 11.9 Å². The van der Waals surface area contributed by atoms with Crippen molar-refractivity contribution >= 4 is 34.8 Å². The molecule has 202 valence electrons. The maximum absolute atomic E-state index is 14.1. The van der Waals surface area contributed by atoms with Crippen molar-refractivity contribution in [3.8, 4) is 0 Å². The van der Waals surface area contributed by atoms with Gasteiger partial charge in [-0.15, -0.1) is 0 Å². The first-order valence-electron chi connectivity index (χ1n) is 11.7. The summed E-state index contributed by atoms with van der Waals surface area (Å²) in [6.45, 7) is 3.22. The first-order valence-corrected chi connectivity index (χ1v) is 12.1. The number of carbonyl (C=O) groups is 3. The molecule has 8 nitrogen and oxygen atoms in total. The molecule has 4 rings (SSSR count). The molecule has 2 aromatic heterocycles. The minimum absolute atomic E-state index is 0.0164. The number of alkyl halides is 3. The van der Waals surface area contributed by atoms with Crippen LogP contribution in [0.5, 0.6) is 0 Å². The Morgan fingerprint density at radius 3 is 2.61 bits per heavy atom. The minimum Gasteiger partial charge on any atom is -0.349 e. The van der Waals surface area contributed by atoms with Crippen LogP contribution in [0.3, 0.4) is 0 Å². The molecule has 3 heterocycles. The summed E-state index contributed by atoms with van der Waals surface area (Å²) in [5.74, 6) is -4.57. The van der Waals surface area contributed by atoms with E-state index in [1.165, 1.54) is 17.0 Å². The zero-order valence-electron chi connectivity index (χ0n) is 20.4. The largest absolute Gasteiger partial charge is 0.471 e. The van der Waals surface area contributed by atoms with Crippen molar-refractivity contribution in [3.05, 3.63) is 70.5 Å². The first-order chi connectivity index (χ1) is 17.8. The Balaban J connectivity index is 1.60. The third kappa shape index (κ3) is 5.74. The summed E-state index contributed by atoms with van der Waals surface area (Å²) in [4.78, 5) is 43.2. The Labute approximate surface area is 220 Å². The number of carbonyl (C=O) groups excluding carboxylic acids is 3. The lowest BCUT2D eigenvalue weighted by atomic mass is 9.84. The van der Waals surface area contributed by atoms with Crippen molar-refractivity contribution in [1.82, 2.24) is 24.9 Å². The van der Waals surface area contributed by atoms with Gasteiger partial charge < -0.3 is 19.9 Å². The van der Waals surface area contributed by atoms with Gasteiger partial charge in [-0.05, 0) is 56.2 Å². The molecule has 0 spiro atoms. The monoisotopic (exact) mass is 553 g/mol. The lowest BCUT2D eigenvalue weighted by Crippen LogP contribution is -2.57. The third-order valence-corrected chi connectivity index (χ3v) is 6.77. The molecular weight excluding hydrogens is 530 g/mol. The van der Waals surface area contributed by atoms with E-state index < -0.39 is 41.8 Å². The number of nitrogens with zero attached hydrogens (tertiary/aromatic N) is 3. The maximum Gasteiger partial charge on any atom is 0.471 e. The fraction of sp³-hybridized carbons (Fsp3) is 0.360. The second-order valence-electron chi connectivity index (χ2n) is 9.19. The predicted molar refractivity (Wildman–Crippen MR) is 130 cm³/mol. The van der Waals surface area contributed by atoms with E-state index in [0.717, 1.165) is 18.7 Å². The molecule has 2 N–H and O–H groups in total. The van der Waals surface area contributed by atoms with Gasteiger partial charge in [-0.2, -0.15) is 13.2 Å². The second kappa shape index (κ2) is 10.6. The number of benzene rings is 1. The van der Waals surface area contributed by atoms with Crippen molar-refractivity contribution in [2.75, 3.05) is 13.1 Å². The normalized spacial score (nSPS) is 18.8. The number of halogens is 5. The lowest BCUT2D eigenvalue weighted by Gasteiger charge is -2.39. The number of fused-ring (bicyclic) bond motifs is 1. The average molecular weight is 554 g/mol. The molecule has 3 amide bonds. The van der Waals surface area contributed by atoms with E-state index in [1.54, 1.807) is 34.4 Å². The smallest absolute Gasteiger partial charge is 0.349 e. The highest BCUT2D eigenvalue weighted by Gasteiger charge is 2.41. The van der Waals surface area contributed by atoms with E-state index in [4.69, 9.17) is 11.6 Å². The quantitative estimate of drug-likeness (QED) is 0.472. The number of nitrogens with one attached hydrogen (secondary N) is 2. The van der Waals surface area contributed by atoms with Gasteiger partial charge in [0.15, 0.2) is 0 Å². The summed E-state index contributed by atoms with van der Waals surface area (Å²) in [6, 6.07) is 5.04. The molecule has 0 unspecified atom stereocenters. The van der Waals surface area contributed by atoms with Crippen molar-refractivity contribution in [2.24, 2.45) is 0 Å². The number of likely N-dealkylation sites (tertiary alicyclic amines) is 1. The summed E-state index contributed by atoms with van der Waals surface area (Å²) < 4.78 is 53.9. The molecule has 13 heteroatoms. The molecule has 0 bridgehead atoms. The van der Waals surface area contributed by atoms with Crippen LogP contribution in [0, 0.1) is 12.7 Å². The predicted octanol–water partition coefficient (Wildman–Crippen LogP) is 3.62. The molecule has 3 atom stereocenters. The number of aromatic nitrogens is 2. The van der Waals surface area contributed by atoms with Crippen LogP contribution in [0.2, 0.25) is 5.02 Å². The van der Waals surface area contributed by atoms with Gasteiger partial charge >= 0.3 is 12.1 Å². The van der Waals surface area contributed by atoms with E-state index in [1.807, 2.05) is 6.92 Å². The van der Waals surface area contributed by atoms with Gasteiger partial charge in [-0.1, -0.05) is 11.6 Å². The van der Waals surface area contributed by atoms with Gasteiger partial charge in [0.25, 0.3) is 5.91 Å². The number of amides is 3. The molecule has 0 saturated carbocycles. The van der Waals surface area contributed by atoms with Gasteiger partial charge in [-0.25, -0.2) is 9.37 Å². The Hall–Kier alpha value is -3.67. The molecule has 3 aromatic rings. The van der Waals surface area contributed by atoms with Gasteiger partial charge in [0.2, 0.25) is 5.91 Å². The van der Waals surface area contributed by atoms with E-state index in [9.17, 15) is 31.9 Å². The van der Waals surface area contributed by atoms with Crippen molar-refractivity contribution in [2.45, 2.75) is 44.4 Å². The summed E-state index contributed by atoms with van der Waals surface area (Å²) in [6.07, 6.45) is -1.70. The van der Waals surface area contributed by atoms with Crippen LogP contribution >= 0.6 is 11.6 Å². The van der Waals surface area contributed by atoms with Crippen molar-refractivity contribution < 1.29 is 31.9 Å². The minimum atomic E-state index is -5.16. The topological polar surface area (TPSA) is 95.8 Å². The Bertz CT molecular complexity index is 1370. The highest BCUT2D eigenvalue weighted by molar-refractivity contribution is 6.30. The molecule has 1 aliphatic rings. The number of piperidine rings is 1. The van der Waals surface area contributed by atoms with Crippen LogP contribution in [-0.4, -0.2) is 63.4 Å². The van der Waals surface area contributed by atoms with Crippen LogP contribution in [-0.2, 0) is 9.59 Å². The zero-order chi connectivity index (χ0) is 27.8. The number of rotatable bonds is 5. The molecule has 1 fully saturated rings. The number of hydrogen-bond acceptors (Lipinski definition) is 4. The molecule has 1 saturated heterocycles. The fourth-order valence-corrected chi connectivity index (χ4v) is 4.85. The third-order valence-electron chi connectivity index (χ3n) is 6.56. The second-order valence-corrected chi connectivity index (χ2v) is 9.63. The van der Waals surface area contributed by atoms with E-state index in [2.05, 4.69) is 10.3 Å². The van der Waals surface area contributed by atoms with E-state index >= 15 is 0 Å². The first kappa shape index (κ1) is 27.4. The number of aryl methyl sites for hydroxylation is 1. The summed E-state index contributed by atoms with van der Waals surface area (Å²) in [5, 5.41) is 4.40. The van der Waals surface area contributed by atoms with E-state index in [-0.39, 0.29) is 24.0 Å². The molecule has 38 heavy (non-hydrogen) atoms. The number of imidazole rings is 1. The standard InChI is InChI=1S/C25H24ClF4N5O3/c1-13-3-4-19(21-10-31-12-35(13)21)23(37)34-6-5-18(15-7-16(26)9-17(27)8-15)20(11-34)33-22(36)14(2)32-24(38)25(28,29)30/h3-4,7-10,12,14,18,20H,5-6,11H2,1-2H3,(H,32,38)(H,33,36)/t14-,18-,20+/m0/s1. The van der Waals surface area contributed by atoms with Crippen LogP contribution in [0.25, 0.3) is 5.52 Å². The maximum atomic E-state index is 14.1. The summed E-state index contributed by atoms with van der Waals surface area (Å²) >= 11 is 6.04. The molecule has 1 aliphatic heterocycles. The van der Waals surface area contributed by atoms with Gasteiger partial charge in [-0.3, -0.25) is 14.4 Å². The van der Waals surface area contributed by atoms with Crippen LogP contribution in [0.1, 0.15) is 40.9 Å². The van der Waals surface area contributed by atoms with Crippen LogP contribution in [0.15, 0.2) is 42.9 Å². The average Bonchev–Trinajstić information content (AvgIpc) is 3.33. The van der Waals surface area contributed by atoms with Gasteiger partial charge in [0, 0.05) is 29.7 Å².